The Hall–Kier alpha value is -2.00. The van der Waals surface area contributed by atoms with E-state index >= 15 is 0 Å². The minimum absolute atomic E-state index is 0.890. The molecule has 1 aliphatic heterocycles. The lowest BCUT2D eigenvalue weighted by atomic mass is 9.98. The lowest BCUT2D eigenvalue weighted by Gasteiger charge is -2.27. The van der Waals surface area contributed by atoms with E-state index in [0.717, 1.165) is 25.3 Å². The van der Waals surface area contributed by atoms with Gasteiger partial charge in [0, 0.05) is 25.0 Å². The van der Waals surface area contributed by atoms with Crippen LogP contribution in [-0.4, -0.2) is 20.7 Å². The van der Waals surface area contributed by atoms with E-state index in [-0.39, 0.29) is 0 Å². The van der Waals surface area contributed by atoms with Gasteiger partial charge in [0.25, 0.3) is 0 Å². The first-order valence-electron chi connectivity index (χ1n) is 6.99. The van der Waals surface area contributed by atoms with Crippen LogP contribution in [0.15, 0.2) is 42.5 Å². The summed E-state index contributed by atoms with van der Waals surface area (Å²) in [6.07, 6.45) is 1.09. The zero-order chi connectivity index (χ0) is 13.9. The van der Waals surface area contributed by atoms with Gasteiger partial charge in [-0.3, -0.25) is 0 Å². The van der Waals surface area contributed by atoms with Crippen molar-refractivity contribution >= 4 is 11.4 Å². The number of nitrogens with zero attached hydrogens (tertiary/aromatic N) is 1. The molecule has 0 aromatic heterocycles. The van der Waals surface area contributed by atoms with Crippen LogP contribution in [-0.2, 0) is 13.0 Å². The van der Waals surface area contributed by atoms with Crippen molar-refractivity contribution in [2.24, 2.45) is 0 Å². The van der Waals surface area contributed by atoms with Crippen molar-refractivity contribution in [2.45, 2.75) is 13.0 Å². The first kappa shape index (κ1) is 13.0. The molecule has 0 unspecified atom stereocenters. The average Bonchev–Trinajstić information content (AvgIpc) is 2.54. The molecule has 3 heteroatoms. The Morgan fingerprint density at radius 3 is 2.65 bits per heavy atom. The Morgan fingerprint density at radius 1 is 1.10 bits per heavy atom. The molecule has 1 aliphatic rings. The van der Waals surface area contributed by atoms with E-state index in [1.54, 1.807) is 7.11 Å². The van der Waals surface area contributed by atoms with Gasteiger partial charge in [-0.25, -0.2) is 0 Å². The standard InChI is InChI=1S/C17H20N2O/c1-19(14-6-8-15(20-2)9-7-14)17-5-3-4-13-12-18-11-10-16(13)17/h3-9,18H,10-12H2,1-2H3. The summed E-state index contributed by atoms with van der Waals surface area (Å²) in [6, 6.07) is 14.8. The predicted octanol–water partition coefficient (Wildman–Crippen LogP) is 3.11. The van der Waals surface area contributed by atoms with Crippen LogP contribution in [0, 0.1) is 0 Å². The highest BCUT2D eigenvalue weighted by molar-refractivity contribution is 5.68. The third kappa shape index (κ3) is 2.37. The first-order chi connectivity index (χ1) is 9.79. The second kappa shape index (κ2) is 5.55. The van der Waals surface area contributed by atoms with Crippen molar-refractivity contribution in [3.63, 3.8) is 0 Å². The first-order valence-corrected chi connectivity index (χ1v) is 6.99. The van der Waals surface area contributed by atoms with Gasteiger partial charge >= 0.3 is 0 Å². The van der Waals surface area contributed by atoms with E-state index < -0.39 is 0 Å². The number of benzene rings is 2. The van der Waals surface area contributed by atoms with E-state index in [9.17, 15) is 0 Å². The molecule has 0 radical (unpaired) electrons. The molecule has 1 N–H and O–H groups in total. The second-order valence-corrected chi connectivity index (χ2v) is 5.10. The van der Waals surface area contributed by atoms with Crippen LogP contribution < -0.4 is 15.0 Å². The van der Waals surface area contributed by atoms with Crippen molar-refractivity contribution in [2.75, 3.05) is 25.6 Å². The Kier molecular flexibility index (Phi) is 3.61. The fourth-order valence-corrected chi connectivity index (χ4v) is 2.77. The quantitative estimate of drug-likeness (QED) is 0.925. The Balaban J connectivity index is 1.95. The molecule has 0 spiro atoms. The molecule has 2 aromatic carbocycles. The number of methoxy groups -OCH3 is 1. The molecule has 3 nitrogen and oxygen atoms in total. The van der Waals surface area contributed by atoms with Crippen molar-refractivity contribution in [1.82, 2.24) is 5.32 Å². The van der Waals surface area contributed by atoms with Crippen molar-refractivity contribution in [1.29, 1.82) is 0 Å². The molecular formula is C17H20N2O. The van der Waals surface area contributed by atoms with Gasteiger partial charge in [-0.1, -0.05) is 12.1 Å². The molecule has 0 saturated carbocycles. The summed E-state index contributed by atoms with van der Waals surface area (Å²) in [5.74, 6) is 0.890. The number of rotatable bonds is 3. The number of anilines is 2. The van der Waals surface area contributed by atoms with Gasteiger partial charge < -0.3 is 15.0 Å². The maximum atomic E-state index is 5.22. The molecule has 0 aliphatic carbocycles. The average molecular weight is 268 g/mol. The van der Waals surface area contributed by atoms with E-state index in [2.05, 4.69) is 47.6 Å². The van der Waals surface area contributed by atoms with Crippen LogP contribution in [0.5, 0.6) is 5.75 Å². The molecule has 0 atom stereocenters. The molecule has 0 amide bonds. The van der Waals surface area contributed by atoms with E-state index in [0.29, 0.717) is 0 Å². The summed E-state index contributed by atoms with van der Waals surface area (Å²) in [7, 11) is 3.82. The minimum atomic E-state index is 0.890. The summed E-state index contributed by atoms with van der Waals surface area (Å²) in [5, 5.41) is 3.43. The van der Waals surface area contributed by atoms with E-state index in [4.69, 9.17) is 4.74 Å². The summed E-state index contributed by atoms with van der Waals surface area (Å²) in [6.45, 7) is 2.03. The largest absolute Gasteiger partial charge is 0.497 e. The minimum Gasteiger partial charge on any atom is -0.497 e. The Bertz CT molecular complexity index is 592. The third-order valence-electron chi connectivity index (χ3n) is 3.94. The van der Waals surface area contributed by atoms with Crippen LogP contribution in [0.1, 0.15) is 11.1 Å². The SMILES string of the molecule is COc1ccc(N(C)c2cccc3c2CCNC3)cc1. The van der Waals surface area contributed by atoms with Crippen LogP contribution >= 0.6 is 0 Å². The topological polar surface area (TPSA) is 24.5 Å². The van der Waals surface area contributed by atoms with Gasteiger partial charge in [0.1, 0.15) is 5.75 Å². The van der Waals surface area contributed by atoms with E-state index in [1.807, 2.05) is 12.1 Å². The molecule has 20 heavy (non-hydrogen) atoms. The fourth-order valence-electron chi connectivity index (χ4n) is 2.77. The maximum absolute atomic E-state index is 5.22. The van der Waals surface area contributed by atoms with Crippen LogP contribution in [0.2, 0.25) is 0 Å². The molecule has 2 aromatic rings. The number of hydrogen-bond acceptors (Lipinski definition) is 3. The Labute approximate surface area is 120 Å². The zero-order valence-electron chi connectivity index (χ0n) is 12.0. The summed E-state index contributed by atoms with van der Waals surface area (Å²) < 4.78 is 5.22. The number of fused-ring (bicyclic) bond motifs is 1. The zero-order valence-corrected chi connectivity index (χ0v) is 12.0. The van der Waals surface area contributed by atoms with Gasteiger partial charge in [0.15, 0.2) is 0 Å². The molecular weight excluding hydrogens is 248 g/mol. The number of ether oxygens (including phenoxy) is 1. The Morgan fingerprint density at radius 2 is 1.90 bits per heavy atom. The van der Waals surface area contributed by atoms with Crippen molar-refractivity contribution in [3.05, 3.63) is 53.6 Å². The highest BCUT2D eigenvalue weighted by Crippen LogP contribution is 2.31. The smallest absolute Gasteiger partial charge is 0.119 e. The van der Waals surface area contributed by atoms with Crippen LogP contribution in [0.25, 0.3) is 0 Å². The fraction of sp³-hybridized carbons (Fsp3) is 0.294. The van der Waals surface area contributed by atoms with Gasteiger partial charge in [-0.15, -0.1) is 0 Å². The highest BCUT2D eigenvalue weighted by atomic mass is 16.5. The summed E-state index contributed by atoms with van der Waals surface area (Å²) in [5.41, 5.74) is 5.35. The van der Waals surface area contributed by atoms with Crippen LogP contribution in [0.3, 0.4) is 0 Å². The normalized spacial score (nSPS) is 13.7. The van der Waals surface area contributed by atoms with Crippen molar-refractivity contribution < 1.29 is 4.74 Å². The third-order valence-corrected chi connectivity index (χ3v) is 3.94. The molecule has 3 rings (SSSR count). The van der Waals surface area contributed by atoms with Crippen molar-refractivity contribution in [3.8, 4) is 5.75 Å². The number of nitrogens with one attached hydrogen (secondary N) is 1. The van der Waals surface area contributed by atoms with Gasteiger partial charge in [0.05, 0.1) is 7.11 Å². The lowest BCUT2D eigenvalue weighted by molar-refractivity contribution is 0.415. The second-order valence-electron chi connectivity index (χ2n) is 5.10. The summed E-state index contributed by atoms with van der Waals surface area (Å²) >= 11 is 0. The monoisotopic (exact) mass is 268 g/mol. The molecule has 0 fully saturated rings. The molecule has 104 valence electrons. The summed E-state index contributed by atoms with van der Waals surface area (Å²) in [4.78, 5) is 2.25. The predicted molar refractivity (Wildman–Crippen MR) is 82.9 cm³/mol. The molecule has 1 heterocycles. The van der Waals surface area contributed by atoms with Gasteiger partial charge in [0.2, 0.25) is 0 Å². The maximum Gasteiger partial charge on any atom is 0.119 e. The molecule has 0 saturated heterocycles. The van der Waals surface area contributed by atoms with E-state index in [1.165, 1.54) is 22.5 Å². The number of hydrogen-bond donors (Lipinski definition) is 1. The van der Waals surface area contributed by atoms with Crippen LogP contribution in [0.4, 0.5) is 11.4 Å². The van der Waals surface area contributed by atoms with Gasteiger partial charge in [-0.05, 0) is 54.4 Å². The van der Waals surface area contributed by atoms with Gasteiger partial charge in [-0.2, -0.15) is 0 Å². The highest BCUT2D eigenvalue weighted by Gasteiger charge is 2.15. The molecule has 0 bridgehead atoms. The lowest BCUT2D eigenvalue weighted by Crippen LogP contribution is -2.25.